The Labute approximate surface area is 263 Å². The summed E-state index contributed by atoms with van der Waals surface area (Å²) in [6.07, 6.45) is 6.32. The average Bonchev–Trinajstić information content (AvgIpc) is 3.46. The number of fused-ring (bicyclic) bond motifs is 1. The van der Waals surface area contributed by atoms with Gasteiger partial charge in [0.1, 0.15) is 18.0 Å². The van der Waals surface area contributed by atoms with Gasteiger partial charge in [-0.1, -0.05) is 13.8 Å². The van der Waals surface area contributed by atoms with Gasteiger partial charge in [0.2, 0.25) is 5.82 Å². The Morgan fingerprint density at radius 2 is 1.87 bits per heavy atom. The fourth-order valence-electron chi connectivity index (χ4n) is 5.64. The Bertz CT molecular complexity index is 1540. The molecule has 0 aromatic carbocycles. The third kappa shape index (κ3) is 7.50. The number of aromatic nitrogens is 4. The number of hydrogen-bond donors (Lipinski definition) is 2. The highest BCUT2D eigenvalue weighted by molar-refractivity contribution is 6.03. The molecule has 13 nitrogen and oxygen atoms in total. The first kappa shape index (κ1) is 32.5. The fourth-order valence-corrected chi connectivity index (χ4v) is 5.64. The first-order valence-electron chi connectivity index (χ1n) is 15.2. The zero-order valence-corrected chi connectivity index (χ0v) is 26.8. The summed E-state index contributed by atoms with van der Waals surface area (Å²) in [7, 11) is 4.82. The van der Waals surface area contributed by atoms with Gasteiger partial charge in [-0.3, -0.25) is 19.0 Å². The molecule has 5 rings (SSSR count). The summed E-state index contributed by atoms with van der Waals surface area (Å²) in [5.41, 5.74) is 2.93. The molecule has 0 saturated carbocycles. The molecule has 0 unspecified atom stereocenters. The van der Waals surface area contributed by atoms with Gasteiger partial charge >= 0.3 is 0 Å². The molecular weight excluding hydrogens is 578 g/mol. The van der Waals surface area contributed by atoms with Crippen LogP contribution in [0.1, 0.15) is 58.9 Å². The number of piperidine rings is 1. The van der Waals surface area contributed by atoms with E-state index in [0.717, 1.165) is 38.0 Å². The van der Waals surface area contributed by atoms with Gasteiger partial charge in [-0.15, -0.1) is 10.2 Å². The first-order chi connectivity index (χ1) is 21.6. The van der Waals surface area contributed by atoms with Gasteiger partial charge in [0.05, 0.1) is 23.6 Å². The number of ether oxygens (including phenoxy) is 4. The summed E-state index contributed by atoms with van der Waals surface area (Å²) < 4.78 is 24.3. The summed E-state index contributed by atoms with van der Waals surface area (Å²) in [4.78, 5) is 32.9. The van der Waals surface area contributed by atoms with E-state index in [1.807, 2.05) is 12.1 Å². The molecular formula is C32H43N7O6. The Balaban J connectivity index is 1.25. The predicted octanol–water partition coefficient (Wildman–Crippen LogP) is 2.95. The quantitative estimate of drug-likeness (QED) is 0.328. The number of rotatable bonds is 11. The van der Waals surface area contributed by atoms with Crippen LogP contribution in [0, 0.1) is 12.3 Å². The number of anilines is 1. The van der Waals surface area contributed by atoms with Crippen molar-refractivity contribution in [3.8, 4) is 0 Å². The second-order valence-corrected chi connectivity index (χ2v) is 12.3. The van der Waals surface area contributed by atoms with E-state index in [0.29, 0.717) is 46.9 Å². The van der Waals surface area contributed by atoms with Gasteiger partial charge in [0.25, 0.3) is 11.8 Å². The second-order valence-electron chi connectivity index (χ2n) is 12.3. The zero-order chi connectivity index (χ0) is 32.1. The molecule has 2 N–H and O–H groups in total. The van der Waals surface area contributed by atoms with Gasteiger partial charge < -0.3 is 34.5 Å². The third-order valence-corrected chi connectivity index (χ3v) is 8.58. The number of likely N-dealkylation sites (tertiary alicyclic amines) is 1. The van der Waals surface area contributed by atoms with E-state index in [2.05, 4.69) is 44.6 Å². The van der Waals surface area contributed by atoms with Crippen molar-refractivity contribution in [2.75, 3.05) is 59.4 Å². The summed E-state index contributed by atoms with van der Waals surface area (Å²) >= 11 is 0. The Morgan fingerprint density at radius 3 is 2.58 bits per heavy atom. The maximum absolute atomic E-state index is 13.3. The van der Waals surface area contributed by atoms with Crippen LogP contribution in [0.5, 0.6) is 0 Å². The van der Waals surface area contributed by atoms with E-state index in [-0.39, 0.29) is 30.0 Å². The lowest BCUT2D eigenvalue weighted by molar-refractivity contribution is -0.106. The van der Waals surface area contributed by atoms with Crippen LogP contribution in [-0.2, 0) is 18.9 Å². The van der Waals surface area contributed by atoms with E-state index in [9.17, 15) is 9.59 Å². The fraction of sp³-hybridized carbons (Fsp3) is 0.531. The molecule has 3 aromatic heterocycles. The molecule has 2 aliphatic heterocycles. The lowest BCUT2D eigenvalue weighted by Crippen LogP contribution is -2.45. The number of pyridine rings is 2. The maximum Gasteiger partial charge on any atom is 0.294 e. The summed E-state index contributed by atoms with van der Waals surface area (Å²) in [5.74, 6) is -0.0531. The SMILES string of the molecule is COC[C@H]1OC(c2ccn3c(C(=O)Nc4cc(C(=O)NCCN5CCC(C)(C)CC5)cnc4C)nnc3c2)=C[C@@H](OC)[C@@H]1OC. The molecule has 0 bridgehead atoms. The smallest absolute Gasteiger partial charge is 0.294 e. The van der Waals surface area contributed by atoms with Crippen molar-refractivity contribution >= 4 is 28.9 Å². The highest BCUT2D eigenvalue weighted by Gasteiger charge is 2.36. The highest BCUT2D eigenvalue weighted by Crippen LogP contribution is 2.30. The van der Waals surface area contributed by atoms with Crippen molar-refractivity contribution < 1.29 is 28.5 Å². The van der Waals surface area contributed by atoms with E-state index in [1.54, 1.807) is 51.0 Å². The summed E-state index contributed by atoms with van der Waals surface area (Å²) in [6.45, 7) is 10.1. The van der Waals surface area contributed by atoms with E-state index in [4.69, 9.17) is 18.9 Å². The number of nitrogens with zero attached hydrogens (tertiary/aromatic N) is 5. The van der Waals surface area contributed by atoms with E-state index in [1.165, 1.54) is 6.20 Å². The third-order valence-electron chi connectivity index (χ3n) is 8.58. The average molecular weight is 622 g/mol. The van der Waals surface area contributed by atoms with Crippen molar-refractivity contribution in [3.63, 3.8) is 0 Å². The molecule has 1 fully saturated rings. The van der Waals surface area contributed by atoms with Crippen LogP contribution in [0.15, 0.2) is 36.7 Å². The summed E-state index contributed by atoms with van der Waals surface area (Å²) in [5, 5.41) is 14.2. The van der Waals surface area contributed by atoms with Crippen molar-refractivity contribution in [1.29, 1.82) is 0 Å². The molecule has 13 heteroatoms. The number of nitrogens with one attached hydrogen (secondary N) is 2. The number of amides is 2. The molecule has 3 aromatic rings. The van der Waals surface area contributed by atoms with Crippen LogP contribution in [0.25, 0.3) is 11.4 Å². The number of hydrogen-bond acceptors (Lipinski definition) is 10. The number of carbonyl (C=O) groups excluding carboxylic acids is 2. The topological polar surface area (TPSA) is 141 Å². The van der Waals surface area contributed by atoms with Crippen molar-refractivity contribution in [2.45, 2.75) is 51.9 Å². The molecule has 3 atom stereocenters. The van der Waals surface area contributed by atoms with E-state index < -0.39 is 5.91 Å². The molecule has 0 aliphatic carbocycles. The van der Waals surface area contributed by atoms with Gasteiger partial charge in [-0.2, -0.15) is 0 Å². The monoisotopic (exact) mass is 621 g/mol. The normalized spacial score (nSPS) is 21.6. The summed E-state index contributed by atoms with van der Waals surface area (Å²) in [6, 6.07) is 5.22. The zero-order valence-electron chi connectivity index (χ0n) is 26.8. The van der Waals surface area contributed by atoms with Gasteiger partial charge in [-0.25, -0.2) is 0 Å². The van der Waals surface area contributed by atoms with E-state index >= 15 is 0 Å². The number of methoxy groups -OCH3 is 3. The highest BCUT2D eigenvalue weighted by atomic mass is 16.6. The predicted molar refractivity (Wildman–Crippen MR) is 168 cm³/mol. The van der Waals surface area contributed by atoms with Crippen LogP contribution in [-0.4, -0.2) is 109 Å². The number of aryl methyl sites for hydroxylation is 1. The van der Waals surface area contributed by atoms with Crippen LogP contribution in [0.2, 0.25) is 0 Å². The molecule has 0 radical (unpaired) electrons. The standard InChI is InChI=1S/C32H43N7O6/c1-20-23(15-22(18-34-20)30(40)33-10-14-38-12-8-32(2,3)9-13-38)35-31(41)29-37-36-27-16-21(7-11-39(27)29)24-17-25(43-5)28(44-6)26(45-24)19-42-4/h7,11,15-18,25-26,28H,8-10,12-14,19H2,1-6H3,(H,33,40)(H,35,41)/t25-,26-,28+/m1/s1. The van der Waals surface area contributed by atoms with Crippen molar-refractivity contribution in [1.82, 2.24) is 29.8 Å². The molecule has 0 spiro atoms. The van der Waals surface area contributed by atoms with Crippen LogP contribution < -0.4 is 10.6 Å². The van der Waals surface area contributed by atoms with Crippen LogP contribution >= 0.6 is 0 Å². The van der Waals surface area contributed by atoms with Crippen LogP contribution in [0.4, 0.5) is 5.69 Å². The maximum atomic E-state index is 13.3. The lowest BCUT2D eigenvalue weighted by atomic mass is 9.83. The minimum absolute atomic E-state index is 0.0838. The molecule has 2 amide bonds. The second kappa shape index (κ2) is 14.0. The molecule has 2 aliphatic rings. The Kier molecular flexibility index (Phi) is 10.1. The van der Waals surface area contributed by atoms with Crippen molar-refractivity contribution in [3.05, 3.63) is 59.3 Å². The first-order valence-corrected chi connectivity index (χ1v) is 15.2. The van der Waals surface area contributed by atoms with Crippen LogP contribution in [0.3, 0.4) is 0 Å². The molecule has 242 valence electrons. The van der Waals surface area contributed by atoms with Gasteiger partial charge in [0, 0.05) is 52.4 Å². The Morgan fingerprint density at radius 1 is 1.09 bits per heavy atom. The largest absolute Gasteiger partial charge is 0.485 e. The van der Waals surface area contributed by atoms with Gasteiger partial charge in [-0.05, 0) is 62.5 Å². The molecule has 1 saturated heterocycles. The molecule has 5 heterocycles. The Hall–Kier alpha value is -3.91. The van der Waals surface area contributed by atoms with Gasteiger partial charge in [0.15, 0.2) is 11.8 Å². The number of carbonyl (C=O) groups is 2. The lowest BCUT2D eigenvalue weighted by Gasteiger charge is -2.36. The molecule has 45 heavy (non-hydrogen) atoms. The minimum atomic E-state index is -0.485. The van der Waals surface area contributed by atoms with Crippen molar-refractivity contribution in [2.24, 2.45) is 5.41 Å². The minimum Gasteiger partial charge on any atom is -0.485 e.